The maximum absolute atomic E-state index is 11.5. The SMILES string of the molecule is COc1cc(-c2cc(CN3CCC(=O)CC3)ccn2)cc(C2CCC2)c1C. The smallest absolute Gasteiger partial charge is 0.135 e. The van der Waals surface area contributed by atoms with Crippen LogP contribution in [0.3, 0.4) is 0 Å². The highest BCUT2D eigenvalue weighted by atomic mass is 16.5. The standard InChI is InChI=1S/C23H28N2O2/c1-16-21(18-4-3-5-18)13-19(14-23(16)27-2)22-12-17(6-9-24-22)15-25-10-7-20(26)8-11-25/h6,9,12-14,18H,3-5,7-8,10-11,15H2,1-2H3. The molecule has 2 fully saturated rings. The van der Waals surface area contributed by atoms with Gasteiger partial charge in [0.2, 0.25) is 0 Å². The summed E-state index contributed by atoms with van der Waals surface area (Å²) in [4.78, 5) is 18.4. The second-order valence-electron chi connectivity index (χ2n) is 7.88. The van der Waals surface area contributed by atoms with Gasteiger partial charge in [0.15, 0.2) is 0 Å². The van der Waals surface area contributed by atoms with Gasteiger partial charge in [-0.15, -0.1) is 0 Å². The normalized spacial score (nSPS) is 18.4. The number of hydrogen-bond donors (Lipinski definition) is 0. The number of methoxy groups -OCH3 is 1. The van der Waals surface area contributed by atoms with Crippen LogP contribution in [0.5, 0.6) is 5.75 Å². The van der Waals surface area contributed by atoms with E-state index in [0.717, 1.165) is 36.6 Å². The molecule has 4 heteroatoms. The summed E-state index contributed by atoms with van der Waals surface area (Å²) in [5, 5.41) is 0. The van der Waals surface area contributed by atoms with Crippen molar-refractivity contribution in [1.29, 1.82) is 0 Å². The van der Waals surface area contributed by atoms with Gasteiger partial charge < -0.3 is 4.74 Å². The Kier molecular flexibility index (Phi) is 5.26. The van der Waals surface area contributed by atoms with Crippen LogP contribution >= 0.6 is 0 Å². The fourth-order valence-corrected chi connectivity index (χ4v) is 4.16. The van der Waals surface area contributed by atoms with Crippen molar-refractivity contribution < 1.29 is 9.53 Å². The van der Waals surface area contributed by atoms with Crippen LogP contribution in [0.2, 0.25) is 0 Å². The zero-order valence-corrected chi connectivity index (χ0v) is 16.3. The molecular weight excluding hydrogens is 336 g/mol. The minimum absolute atomic E-state index is 0.386. The van der Waals surface area contributed by atoms with Crippen LogP contribution in [-0.4, -0.2) is 35.9 Å². The maximum atomic E-state index is 11.5. The number of pyridine rings is 1. The summed E-state index contributed by atoms with van der Waals surface area (Å²) in [6.07, 6.45) is 7.12. The molecule has 1 aromatic carbocycles. The van der Waals surface area contributed by atoms with Crippen molar-refractivity contribution in [1.82, 2.24) is 9.88 Å². The molecule has 0 atom stereocenters. The zero-order valence-electron chi connectivity index (χ0n) is 16.3. The third-order valence-electron chi connectivity index (χ3n) is 6.11. The Morgan fingerprint density at radius 1 is 1.19 bits per heavy atom. The molecule has 2 heterocycles. The van der Waals surface area contributed by atoms with E-state index in [2.05, 4.69) is 41.1 Å². The average molecular weight is 364 g/mol. The summed E-state index contributed by atoms with van der Waals surface area (Å²) < 4.78 is 5.66. The minimum Gasteiger partial charge on any atom is -0.496 e. The van der Waals surface area contributed by atoms with E-state index in [9.17, 15) is 4.79 Å². The van der Waals surface area contributed by atoms with E-state index in [1.807, 2.05) is 6.20 Å². The van der Waals surface area contributed by atoms with Crippen molar-refractivity contribution in [2.45, 2.75) is 51.5 Å². The predicted octanol–water partition coefficient (Wildman–Crippen LogP) is 4.50. The van der Waals surface area contributed by atoms with Crippen molar-refractivity contribution in [3.8, 4) is 17.0 Å². The van der Waals surface area contributed by atoms with Crippen molar-refractivity contribution >= 4 is 5.78 Å². The molecule has 1 aliphatic carbocycles. The number of ether oxygens (including phenoxy) is 1. The van der Waals surface area contributed by atoms with E-state index < -0.39 is 0 Å². The number of benzene rings is 1. The Bertz CT molecular complexity index is 832. The number of aromatic nitrogens is 1. The number of carbonyl (C=O) groups excluding carboxylic acids is 1. The first-order valence-corrected chi connectivity index (χ1v) is 10.0. The average Bonchev–Trinajstić information content (AvgIpc) is 2.64. The number of carbonyl (C=O) groups is 1. The van der Waals surface area contributed by atoms with Crippen LogP contribution in [0.4, 0.5) is 0 Å². The molecule has 0 bridgehead atoms. The summed E-state index contributed by atoms with van der Waals surface area (Å²) in [7, 11) is 1.75. The van der Waals surface area contributed by atoms with Crippen LogP contribution in [0.25, 0.3) is 11.3 Å². The van der Waals surface area contributed by atoms with E-state index in [4.69, 9.17) is 4.74 Å². The molecule has 2 aromatic rings. The van der Waals surface area contributed by atoms with Gasteiger partial charge in [-0.2, -0.15) is 0 Å². The largest absolute Gasteiger partial charge is 0.496 e. The molecule has 1 aliphatic heterocycles. The molecule has 4 nitrogen and oxygen atoms in total. The maximum Gasteiger partial charge on any atom is 0.135 e. The summed E-state index contributed by atoms with van der Waals surface area (Å²) in [5.74, 6) is 2.00. The Labute approximate surface area is 161 Å². The quantitative estimate of drug-likeness (QED) is 0.783. The highest BCUT2D eigenvalue weighted by Gasteiger charge is 2.24. The van der Waals surface area contributed by atoms with Crippen LogP contribution in [0.15, 0.2) is 30.5 Å². The van der Waals surface area contributed by atoms with E-state index in [1.54, 1.807) is 7.11 Å². The minimum atomic E-state index is 0.386. The first kappa shape index (κ1) is 18.2. The van der Waals surface area contributed by atoms with Gasteiger partial charge in [-0.1, -0.05) is 6.42 Å². The molecule has 0 spiro atoms. The van der Waals surface area contributed by atoms with Crippen molar-refractivity contribution in [3.05, 3.63) is 47.2 Å². The van der Waals surface area contributed by atoms with Gasteiger partial charge in [0.05, 0.1) is 12.8 Å². The number of Topliss-reactive ketones (excluding diaryl/α,β-unsaturated/α-hetero) is 1. The second-order valence-corrected chi connectivity index (χ2v) is 7.88. The zero-order chi connectivity index (χ0) is 18.8. The highest BCUT2D eigenvalue weighted by Crippen LogP contribution is 2.42. The van der Waals surface area contributed by atoms with Gasteiger partial charge in [0.25, 0.3) is 0 Å². The van der Waals surface area contributed by atoms with E-state index in [-0.39, 0.29) is 0 Å². The molecule has 142 valence electrons. The van der Waals surface area contributed by atoms with Crippen LogP contribution in [-0.2, 0) is 11.3 Å². The molecule has 1 saturated heterocycles. The Balaban J connectivity index is 1.60. The van der Waals surface area contributed by atoms with Gasteiger partial charge in [-0.25, -0.2) is 0 Å². The van der Waals surface area contributed by atoms with Crippen molar-refractivity contribution in [3.63, 3.8) is 0 Å². The molecule has 0 N–H and O–H groups in total. The van der Waals surface area contributed by atoms with Crippen LogP contribution in [0, 0.1) is 6.92 Å². The number of piperidine rings is 1. The molecule has 0 unspecified atom stereocenters. The number of hydrogen-bond acceptors (Lipinski definition) is 4. The Morgan fingerprint density at radius 2 is 1.96 bits per heavy atom. The van der Waals surface area contributed by atoms with Crippen molar-refractivity contribution in [2.75, 3.05) is 20.2 Å². The fraction of sp³-hybridized carbons (Fsp3) is 0.478. The van der Waals surface area contributed by atoms with Gasteiger partial charge in [-0.05, 0) is 66.6 Å². The summed E-state index contributed by atoms with van der Waals surface area (Å²) in [5.41, 5.74) is 6.06. The van der Waals surface area contributed by atoms with Crippen LogP contribution in [0.1, 0.15) is 54.7 Å². The monoisotopic (exact) mass is 364 g/mol. The molecule has 0 radical (unpaired) electrons. The second kappa shape index (κ2) is 7.81. The summed E-state index contributed by atoms with van der Waals surface area (Å²) in [6, 6.07) is 8.69. The third-order valence-corrected chi connectivity index (χ3v) is 6.11. The topological polar surface area (TPSA) is 42.4 Å². The molecule has 4 rings (SSSR count). The number of nitrogens with zero attached hydrogens (tertiary/aromatic N) is 2. The lowest BCUT2D eigenvalue weighted by atomic mass is 9.77. The number of rotatable bonds is 5. The van der Waals surface area contributed by atoms with E-state index in [1.165, 1.54) is 36.0 Å². The molecule has 0 amide bonds. The molecule has 27 heavy (non-hydrogen) atoms. The third kappa shape index (κ3) is 3.91. The van der Waals surface area contributed by atoms with E-state index in [0.29, 0.717) is 24.5 Å². The lowest BCUT2D eigenvalue weighted by Crippen LogP contribution is -2.33. The molecule has 1 saturated carbocycles. The molecule has 2 aliphatic rings. The van der Waals surface area contributed by atoms with Gasteiger partial charge in [0, 0.05) is 44.2 Å². The first-order chi connectivity index (χ1) is 13.1. The van der Waals surface area contributed by atoms with Crippen molar-refractivity contribution in [2.24, 2.45) is 0 Å². The Morgan fingerprint density at radius 3 is 2.63 bits per heavy atom. The first-order valence-electron chi connectivity index (χ1n) is 10.0. The fourth-order valence-electron chi connectivity index (χ4n) is 4.16. The van der Waals surface area contributed by atoms with Crippen LogP contribution < -0.4 is 4.74 Å². The van der Waals surface area contributed by atoms with Gasteiger partial charge >= 0.3 is 0 Å². The Hall–Kier alpha value is -2.20. The predicted molar refractivity (Wildman–Crippen MR) is 107 cm³/mol. The van der Waals surface area contributed by atoms with E-state index >= 15 is 0 Å². The number of ketones is 1. The molecular formula is C23H28N2O2. The van der Waals surface area contributed by atoms with Gasteiger partial charge in [0.1, 0.15) is 11.5 Å². The summed E-state index contributed by atoms with van der Waals surface area (Å²) >= 11 is 0. The van der Waals surface area contributed by atoms with Gasteiger partial charge in [-0.3, -0.25) is 14.7 Å². The lowest BCUT2D eigenvalue weighted by molar-refractivity contribution is -0.121. The highest BCUT2D eigenvalue weighted by molar-refractivity contribution is 5.79. The lowest BCUT2D eigenvalue weighted by Gasteiger charge is -2.28. The summed E-state index contributed by atoms with van der Waals surface area (Å²) in [6.45, 7) is 4.76. The number of likely N-dealkylation sites (tertiary alicyclic amines) is 1. The molecule has 1 aromatic heterocycles.